The van der Waals surface area contributed by atoms with Gasteiger partial charge in [0.2, 0.25) is 0 Å². The predicted molar refractivity (Wildman–Crippen MR) is 104 cm³/mol. The summed E-state index contributed by atoms with van der Waals surface area (Å²) in [6.07, 6.45) is 0.642. The first kappa shape index (κ1) is 21.7. The van der Waals surface area contributed by atoms with Crippen LogP contribution in [0.5, 0.6) is 5.75 Å². The fourth-order valence-electron chi connectivity index (χ4n) is 3.79. The third-order valence-corrected chi connectivity index (χ3v) is 5.45. The van der Waals surface area contributed by atoms with Gasteiger partial charge in [-0.15, -0.1) is 0 Å². The van der Waals surface area contributed by atoms with E-state index < -0.39 is 5.60 Å². The lowest BCUT2D eigenvalue weighted by atomic mass is 9.75. The summed E-state index contributed by atoms with van der Waals surface area (Å²) >= 11 is 0. The third kappa shape index (κ3) is 5.02. The van der Waals surface area contributed by atoms with E-state index in [1.54, 1.807) is 7.11 Å². The van der Waals surface area contributed by atoms with Crippen LogP contribution in [0.4, 0.5) is 0 Å². The van der Waals surface area contributed by atoms with Crippen molar-refractivity contribution in [3.63, 3.8) is 0 Å². The van der Waals surface area contributed by atoms with Crippen molar-refractivity contribution < 1.29 is 27.0 Å². The number of benzene rings is 2. The second kappa shape index (κ2) is 10.1. The average Bonchev–Trinajstić information content (AvgIpc) is 2.73. The number of hydrogen-bond acceptors (Lipinski definition) is 4. The molecule has 1 N–H and O–H groups in total. The van der Waals surface area contributed by atoms with Crippen LogP contribution >= 0.6 is 0 Å². The summed E-state index contributed by atoms with van der Waals surface area (Å²) in [6, 6.07) is 18.2. The van der Waals surface area contributed by atoms with Crippen molar-refractivity contribution in [3.8, 4) is 5.75 Å². The van der Waals surface area contributed by atoms with E-state index in [1.807, 2.05) is 42.5 Å². The first-order valence-electron chi connectivity index (χ1n) is 9.39. The molecule has 1 fully saturated rings. The Hall–Kier alpha value is -1.59. The first-order valence-corrected chi connectivity index (χ1v) is 9.39. The van der Waals surface area contributed by atoms with Crippen LogP contribution in [0.3, 0.4) is 0 Å². The zero-order chi connectivity index (χ0) is 18.4. The fraction of sp³-hybridized carbons (Fsp3) is 0.455. The Morgan fingerprint density at radius 3 is 2.26 bits per heavy atom. The van der Waals surface area contributed by atoms with Crippen LogP contribution in [0.1, 0.15) is 30.4 Å². The molecule has 5 heteroatoms. The van der Waals surface area contributed by atoms with E-state index >= 15 is 0 Å². The number of aliphatic hydroxyl groups is 1. The van der Waals surface area contributed by atoms with Gasteiger partial charge in [-0.2, -0.15) is 0 Å². The minimum absolute atomic E-state index is 0. The Balaban J connectivity index is 0.00000261. The molecule has 4 nitrogen and oxygen atoms in total. The summed E-state index contributed by atoms with van der Waals surface area (Å²) in [4.78, 5) is 2.39. The van der Waals surface area contributed by atoms with Crippen LogP contribution in [0.2, 0.25) is 0 Å². The van der Waals surface area contributed by atoms with E-state index in [9.17, 15) is 5.11 Å². The van der Waals surface area contributed by atoms with Gasteiger partial charge in [-0.3, -0.25) is 4.90 Å². The van der Waals surface area contributed by atoms with Crippen molar-refractivity contribution in [1.29, 1.82) is 0 Å². The number of morpholine rings is 1. The quantitative estimate of drug-likeness (QED) is 0.743. The molecule has 1 saturated heterocycles. The van der Waals surface area contributed by atoms with Gasteiger partial charge in [-0.05, 0) is 29.7 Å². The zero-order valence-corrected chi connectivity index (χ0v) is 16.9. The van der Waals surface area contributed by atoms with E-state index in [0.29, 0.717) is 6.42 Å². The molecule has 0 bridgehead atoms. The van der Waals surface area contributed by atoms with Gasteiger partial charge in [-0.1, -0.05) is 49.4 Å². The van der Waals surface area contributed by atoms with Crippen LogP contribution in [0.15, 0.2) is 54.6 Å². The Labute approximate surface area is 168 Å². The molecule has 1 heterocycles. The van der Waals surface area contributed by atoms with E-state index in [0.717, 1.165) is 44.2 Å². The molecular weight excluding hydrogens is 362 g/mol. The van der Waals surface area contributed by atoms with E-state index in [1.165, 1.54) is 5.56 Å². The molecule has 0 spiro atoms. The minimum Gasteiger partial charge on any atom is -1.00 e. The molecule has 0 aliphatic carbocycles. The van der Waals surface area contributed by atoms with Crippen molar-refractivity contribution in [2.75, 3.05) is 40.0 Å². The maximum absolute atomic E-state index is 11.8. The average molecular weight is 391 g/mol. The number of rotatable bonds is 7. The molecule has 27 heavy (non-hydrogen) atoms. The summed E-state index contributed by atoms with van der Waals surface area (Å²) in [6.45, 7) is 6.20. The summed E-state index contributed by atoms with van der Waals surface area (Å²) < 4.78 is 10.8. The van der Waals surface area contributed by atoms with Crippen LogP contribution in [0, 0.1) is 0 Å². The SMILES string of the molecule is CCC(O)(c1ccc(OC)cc1)C(CN1CCOCC1)c1ccccc1.[Cl-]. The smallest absolute Gasteiger partial charge is 0.118 e. The topological polar surface area (TPSA) is 41.9 Å². The van der Waals surface area contributed by atoms with Crippen molar-refractivity contribution >= 4 is 0 Å². The summed E-state index contributed by atoms with van der Waals surface area (Å²) in [5.74, 6) is 0.789. The lowest BCUT2D eigenvalue weighted by Crippen LogP contribution is -3.00. The van der Waals surface area contributed by atoms with Gasteiger partial charge >= 0.3 is 0 Å². The van der Waals surface area contributed by atoms with Crippen molar-refractivity contribution in [3.05, 3.63) is 65.7 Å². The van der Waals surface area contributed by atoms with E-state index in [4.69, 9.17) is 9.47 Å². The highest BCUT2D eigenvalue weighted by Gasteiger charge is 2.39. The van der Waals surface area contributed by atoms with Crippen molar-refractivity contribution in [2.24, 2.45) is 0 Å². The predicted octanol–water partition coefficient (Wildman–Crippen LogP) is 0.413. The molecular formula is C22H29ClNO3-. The zero-order valence-electron chi connectivity index (χ0n) is 16.1. The summed E-state index contributed by atoms with van der Waals surface area (Å²) in [5.41, 5.74) is 1.16. The fourth-order valence-corrected chi connectivity index (χ4v) is 3.79. The molecule has 0 radical (unpaired) electrons. The van der Waals surface area contributed by atoms with Crippen molar-refractivity contribution in [1.82, 2.24) is 4.90 Å². The van der Waals surface area contributed by atoms with E-state index in [2.05, 4.69) is 24.0 Å². The molecule has 2 atom stereocenters. The molecule has 0 saturated carbocycles. The highest BCUT2D eigenvalue weighted by molar-refractivity contribution is 5.35. The van der Waals surface area contributed by atoms with Gasteiger partial charge in [0.15, 0.2) is 0 Å². The standard InChI is InChI=1S/C22H29NO3.ClH/c1-3-22(24,19-9-11-20(25-2)12-10-19)21(18-7-5-4-6-8-18)17-23-13-15-26-16-14-23;/h4-12,21,24H,3,13-17H2,1-2H3;1H/p-1. The Bertz CT molecular complexity index is 674. The minimum atomic E-state index is -0.939. The van der Waals surface area contributed by atoms with E-state index in [-0.39, 0.29) is 18.3 Å². The second-order valence-electron chi connectivity index (χ2n) is 6.88. The summed E-state index contributed by atoms with van der Waals surface area (Å²) in [7, 11) is 1.66. The van der Waals surface area contributed by atoms with Crippen LogP contribution in [-0.2, 0) is 10.3 Å². The molecule has 148 valence electrons. The summed E-state index contributed by atoms with van der Waals surface area (Å²) in [5, 5.41) is 11.8. The van der Waals surface area contributed by atoms with Crippen molar-refractivity contribution in [2.45, 2.75) is 24.9 Å². The Morgan fingerprint density at radius 1 is 1.07 bits per heavy atom. The molecule has 2 unspecified atom stereocenters. The lowest BCUT2D eigenvalue weighted by molar-refractivity contribution is -0.0250. The van der Waals surface area contributed by atoms with Gasteiger partial charge in [0.1, 0.15) is 5.75 Å². The van der Waals surface area contributed by atoms with Gasteiger partial charge < -0.3 is 27.0 Å². The number of ether oxygens (including phenoxy) is 2. The van der Waals surface area contributed by atoms with Gasteiger partial charge in [0, 0.05) is 25.6 Å². The molecule has 1 aliphatic rings. The number of halogens is 1. The third-order valence-electron chi connectivity index (χ3n) is 5.45. The number of nitrogens with zero attached hydrogens (tertiary/aromatic N) is 1. The highest BCUT2D eigenvalue weighted by Crippen LogP contribution is 2.41. The molecule has 0 amide bonds. The Kier molecular flexibility index (Phi) is 8.11. The first-order chi connectivity index (χ1) is 12.7. The largest absolute Gasteiger partial charge is 1.00 e. The normalized spacial score (nSPS) is 18.2. The monoisotopic (exact) mass is 390 g/mol. The second-order valence-corrected chi connectivity index (χ2v) is 6.88. The number of hydrogen-bond donors (Lipinski definition) is 1. The molecule has 2 aromatic carbocycles. The number of methoxy groups -OCH3 is 1. The molecule has 1 aliphatic heterocycles. The van der Waals surface area contributed by atoms with Crippen LogP contribution < -0.4 is 17.1 Å². The van der Waals surface area contributed by atoms with Crippen LogP contribution in [-0.4, -0.2) is 50.0 Å². The van der Waals surface area contributed by atoms with Gasteiger partial charge in [-0.25, -0.2) is 0 Å². The van der Waals surface area contributed by atoms with Crippen LogP contribution in [0.25, 0.3) is 0 Å². The molecule has 2 aromatic rings. The molecule has 3 rings (SSSR count). The highest BCUT2D eigenvalue weighted by atomic mass is 35.5. The van der Waals surface area contributed by atoms with Gasteiger partial charge in [0.05, 0.1) is 25.9 Å². The maximum atomic E-state index is 11.8. The maximum Gasteiger partial charge on any atom is 0.118 e. The molecule has 0 aromatic heterocycles. The van der Waals surface area contributed by atoms with Gasteiger partial charge in [0.25, 0.3) is 0 Å². The lowest BCUT2D eigenvalue weighted by Gasteiger charge is -2.40. The Morgan fingerprint density at radius 2 is 1.70 bits per heavy atom.